The molecule has 36 heavy (non-hydrogen) atoms. The zero-order valence-electron chi connectivity index (χ0n) is 22.1. The number of carbonyl (C=O) groups excluding carboxylic acids is 1. The monoisotopic (exact) mass is 500 g/mol. The summed E-state index contributed by atoms with van der Waals surface area (Å²) < 4.78 is 22.3. The molecule has 0 unspecified atom stereocenters. The minimum Gasteiger partial charge on any atom is -0.493 e. The predicted octanol–water partition coefficient (Wildman–Crippen LogP) is 3.12. The van der Waals surface area contributed by atoms with Crippen LogP contribution in [0.1, 0.15) is 29.8 Å². The molecule has 0 bridgehead atoms. The van der Waals surface area contributed by atoms with E-state index in [1.54, 1.807) is 12.1 Å². The average molecular weight is 501 g/mol. The van der Waals surface area contributed by atoms with Crippen LogP contribution in [0.2, 0.25) is 0 Å². The lowest BCUT2D eigenvalue weighted by molar-refractivity contribution is -0.0510. The molecule has 0 radical (unpaired) electrons. The molecule has 0 aromatic heterocycles. The van der Waals surface area contributed by atoms with Crippen molar-refractivity contribution in [3.63, 3.8) is 0 Å². The molecule has 1 fully saturated rings. The third-order valence-corrected chi connectivity index (χ3v) is 6.21. The van der Waals surface area contributed by atoms with E-state index in [4.69, 9.17) is 18.9 Å². The number of morpholine rings is 1. The van der Waals surface area contributed by atoms with Gasteiger partial charge in [-0.05, 0) is 30.0 Å². The maximum absolute atomic E-state index is 13.6. The standard InChI is InChI=1S/C28H40N2O6/c1-20(2)16-30(28(32)22-14-25(33-3)27(35-5)26(15-22)34-4)19-24-18-29(11-12-36-24)17-23(31)13-21-9-7-6-8-10-21/h6-10,14-15,20,23-24,31H,11-13,16-19H2,1-5H3/t23-,24+/m1/s1. The molecule has 1 aliphatic heterocycles. The van der Waals surface area contributed by atoms with Gasteiger partial charge in [0.25, 0.3) is 5.91 Å². The minimum atomic E-state index is -0.459. The van der Waals surface area contributed by atoms with Crippen molar-refractivity contribution in [1.82, 2.24) is 9.80 Å². The number of carbonyl (C=O) groups is 1. The fraction of sp³-hybridized carbons (Fsp3) is 0.536. The number of aliphatic hydroxyl groups is 1. The van der Waals surface area contributed by atoms with Gasteiger partial charge in [-0.3, -0.25) is 9.69 Å². The van der Waals surface area contributed by atoms with Crippen molar-refractivity contribution in [2.45, 2.75) is 32.5 Å². The third-order valence-electron chi connectivity index (χ3n) is 6.21. The van der Waals surface area contributed by atoms with Crippen molar-refractivity contribution in [3.8, 4) is 17.2 Å². The highest BCUT2D eigenvalue weighted by atomic mass is 16.5. The highest BCUT2D eigenvalue weighted by Gasteiger charge is 2.28. The third kappa shape index (κ3) is 7.59. The van der Waals surface area contributed by atoms with Crippen LogP contribution in [0.25, 0.3) is 0 Å². The van der Waals surface area contributed by atoms with Crippen molar-refractivity contribution >= 4 is 5.91 Å². The topological polar surface area (TPSA) is 80.7 Å². The molecule has 0 saturated carbocycles. The average Bonchev–Trinajstić information content (AvgIpc) is 2.87. The van der Waals surface area contributed by atoms with E-state index in [0.717, 1.165) is 12.1 Å². The summed E-state index contributed by atoms with van der Waals surface area (Å²) in [6.45, 7) is 7.77. The van der Waals surface area contributed by atoms with Crippen LogP contribution in [0.3, 0.4) is 0 Å². The molecule has 0 spiro atoms. The van der Waals surface area contributed by atoms with Crippen molar-refractivity contribution < 1.29 is 28.8 Å². The molecule has 8 heteroatoms. The number of methoxy groups -OCH3 is 3. The number of ether oxygens (including phenoxy) is 4. The Bertz CT molecular complexity index is 943. The SMILES string of the molecule is COc1cc(C(=O)N(CC(C)C)C[C@@H]2CN(C[C@H](O)Cc3ccccc3)CCO2)cc(OC)c1OC. The summed E-state index contributed by atoms with van der Waals surface area (Å²) in [5.74, 6) is 1.50. The lowest BCUT2D eigenvalue weighted by Crippen LogP contribution is -2.51. The van der Waals surface area contributed by atoms with Gasteiger partial charge >= 0.3 is 0 Å². The highest BCUT2D eigenvalue weighted by Crippen LogP contribution is 2.38. The van der Waals surface area contributed by atoms with Crippen LogP contribution in [0.4, 0.5) is 0 Å². The van der Waals surface area contributed by atoms with Crippen LogP contribution in [-0.2, 0) is 11.2 Å². The van der Waals surface area contributed by atoms with Crippen molar-refractivity contribution in [3.05, 3.63) is 53.6 Å². The summed E-state index contributed by atoms with van der Waals surface area (Å²) in [4.78, 5) is 17.7. The Morgan fingerprint density at radius 1 is 1.11 bits per heavy atom. The van der Waals surface area contributed by atoms with Gasteiger partial charge in [0.15, 0.2) is 11.5 Å². The van der Waals surface area contributed by atoms with Gasteiger partial charge in [-0.1, -0.05) is 44.2 Å². The largest absolute Gasteiger partial charge is 0.493 e. The van der Waals surface area contributed by atoms with Gasteiger partial charge in [0.2, 0.25) is 5.75 Å². The second-order valence-electron chi connectivity index (χ2n) is 9.61. The smallest absolute Gasteiger partial charge is 0.254 e. The minimum absolute atomic E-state index is 0.118. The van der Waals surface area contributed by atoms with Crippen LogP contribution < -0.4 is 14.2 Å². The Morgan fingerprint density at radius 2 is 1.78 bits per heavy atom. The van der Waals surface area contributed by atoms with E-state index in [1.807, 2.05) is 35.2 Å². The summed E-state index contributed by atoms with van der Waals surface area (Å²) in [7, 11) is 4.61. The normalized spacial score (nSPS) is 17.0. The molecule has 1 saturated heterocycles. The zero-order chi connectivity index (χ0) is 26.1. The molecule has 8 nitrogen and oxygen atoms in total. The van der Waals surface area contributed by atoms with Crippen LogP contribution in [0.5, 0.6) is 17.2 Å². The van der Waals surface area contributed by atoms with Gasteiger partial charge in [0.05, 0.1) is 40.1 Å². The Morgan fingerprint density at radius 3 is 2.36 bits per heavy atom. The van der Waals surface area contributed by atoms with Crippen molar-refractivity contribution in [2.24, 2.45) is 5.92 Å². The summed E-state index contributed by atoms with van der Waals surface area (Å²) in [5, 5.41) is 10.6. The van der Waals surface area contributed by atoms with Gasteiger partial charge in [-0.25, -0.2) is 0 Å². The van der Waals surface area contributed by atoms with E-state index >= 15 is 0 Å². The van der Waals surface area contributed by atoms with Crippen LogP contribution in [-0.4, -0.2) is 93.7 Å². The quantitative estimate of drug-likeness (QED) is 0.480. The molecule has 1 aliphatic rings. The Hall–Kier alpha value is -2.81. The van der Waals surface area contributed by atoms with E-state index in [2.05, 4.69) is 18.7 Å². The number of nitrogens with zero attached hydrogens (tertiary/aromatic N) is 2. The van der Waals surface area contributed by atoms with E-state index < -0.39 is 6.10 Å². The first-order valence-electron chi connectivity index (χ1n) is 12.5. The Balaban J connectivity index is 1.69. The lowest BCUT2D eigenvalue weighted by Gasteiger charge is -2.37. The molecular weight excluding hydrogens is 460 g/mol. The number of hydrogen-bond acceptors (Lipinski definition) is 7. The fourth-order valence-electron chi connectivity index (χ4n) is 4.62. The Kier molecular flexibility index (Phi) is 10.4. The molecule has 2 aromatic rings. The molecule has 2 aromatic carbocycles. The van der Waals surface area contributed by atoms with Crippen molar-refractivity contribution in [2.75, 3.05) is 60.7 Å². The van der Waals surface area contributed by atoms with Gasteiger partial charge in [0.1, 0.15) is 0 Å². The predicted molar refractivity (Wildman–Crippen MR) is 139 cm³/mol. The maximum Gasteiger partial charge on any atom is 0.254 e. The van der Waals surface area contributed by atoms with Gasteiger partial charge in [-0.15, -0.1) is 0 Å². The number of aliphatic hydroxyl groups excluding tert-OH is 1. The number of rotatable bonds is 12. The van der Waals surface area contributed by atoms with Crippen LogP contribution in [0, 0.1) is 5.92 Å². The van der Waals surface area contributed by atoms with E-state index in [9.17, 15) is 9.90 Å². The molecule has 2 atom stereocenters. The van der Waals surface area contributed by atoms with Crippen molar-refractivity contribution in [1.29, 1.82) is 0 Å². The van der Waals surface area contributed by atoms with E-state index in [-0.39, 0.29) is 17.9 Å². The molecule has 198 valence electrons. The second kappa shape index (κ2) is 13.5. The first-order valence-corrected chi connectivity index (χ1v) is 12.5. The molecule has 3 rings (SSSR count). The Labute approximate surface area is 214 Å². The molecule has 1 amide bonds. The number of hydrogen-bond donors (Lipinski definition) is 1. The molecular formula is C28H40N2O6. The molecule has 0 aliphatic carbocycles. The summed E-state index contributed by atoms with van der Waals surface area (Å²) in [6.07, 6.45) is 0.00768. The number of β-amino-alcohol motifs (C(OH)–C–C–N with tert-alkyl or cyclic N) is 1. The summed E-state index contributed by atoms with van der Waals surface area (Å²) >= 11 is 0. The highest BCUT2D eigenvalue weighted by molar-refractivity contribution is 5.95. The number of amides is 1. The molecule has 1 N–H and O–H groups in total. The number of benzene rings is 2. The summed E-state index contributed by atoms with van der Waals surface area (Å²) in [6, 6.07) is 13.4. The van der Waals surface area contributed by atoms with E-state index in [0.29, 0.717) is 62.0 Å². The first kappa shape index (κ1) is 27.8. The summed E-state index contributed by atoms with van der Waals surface area (Å²) in [5.41, 5.74) is 1.59. The fourth-order valence-corrected chi connectivity index (χ4v) is 4.62. The van der Waals surface area contributed by atoms with Crippen LogP contribution in [0.15, 0.2) is 42.5 Å². The maximum atomic E-state index is 13.6. The van der Waals surface area contributed by atoms with Gasteiger partial charge in [0, 0.05) is 38.3 Å². The van der Waals surface area contributed by atoms with Gasteiger partial charge < -0.3 is 29.0 Å². The molecule has 1 heterocycles. The van der Waals surface area contributed by atoms with Gasteiger partial charge in [-0.2, -0.15) is 0 Å². The van der Waals surface area contributed by atoms with Crippen LogP contribution >= 0.6 is 0 Å². The zero-order valence-corrected chi connectivity index (χ0v) is 22.1. The first-order chi connectivity index (χ1) is 17.3. The van der Waals surface area contributed by atoms with E-state index in [1.165, 1.54) is 21.3 Å². The second-order valence-corrected chi connectivity index (χ2v) is 9.61. The lowest BCUT2D eigenvalue weighted by atomic mass is 10.1.